The zero-order valence-corrected chi connectivity index (χ0v) is 10.7. The van der Waals surface area contributed by atoms with Crippen LogP contribution in [0.3, 0.4) is 0 Å². The number of amides is 1. The van der Waals surface area contributed by atoms with Crippen LogP contribution < -0.4 is 5.32 Å². The molecule has 94 valence electrons. The van der Waals surface area contributed by atoms with E-state index in [-0.39, 0.29) is 11.9 Å². The van der Waals surface area contributed by atoms with Crippen LogP contribution in [0.5, 0.6) is 0 Å². The van der Waals surface area contributed by atoms with Crippen LogP contribution in [0, 0.1) is 0 Å². The Balaban J connectivity index is 1.75. The second-order valence-corrected chi connectivity index (χ2v) is 4.89. The van der Waals surface area contributed by atoms with Crippen LogP contribution in [-0.4, -0.2) is 48.6 Å². The SMILES string of the molecule is CC(NCC(=O)N1CCOCC1)c1nccs1. The number of aromatic nitrogens is 1. The van der Waals surface area contributed by atoms with Gasteiger partial charge in [-0.2, -0.15) is 0 Å². The van der Waals surface area contributed by atoms with Crippen molar-refractivity contribution in [3.63, 3.8) is 0 Å². The summed E-state index contributed by atoms with van der Waals surface area (Å²) in [5, 5.41) is 6.15. The topological polar surface area (TPSA) is 54.5 Å². The van der Waals surface area contributed by atoms with E-state index in [0.717, 1.165) is 5.01 Å². The fourth-order valence-corrected chi connectivity index (χ4v) is 2.37. The molecular formula is C11H17N3O2S. The molecular weight excluding hydrogens is 238 g/mol. The summed E-state index contributed by atoms with van der Waals surface area (Å²) in [7, 11) is 0. The van der Waals surface area contributed by atoms with Crippen molar-refractivity contribution in [1.82, 2.24) is 15.2 Å². The molecule has 6 heteroatoms. The molecule has 1 unspecified atom stereocenters. The number of carbonyl (C=O) groups is 1. The van der Waals surface area contributed by atoms with E-state index in [2.05, 4.69) is 10.3 Å². The molecule has 0 saturated carbocycles. The van der Waals surface area contributed by atoms with E-state index in [1.807, 2.05) is 17.2 Å². The molecule has 1 aromatic heterocycles. The van der Waals surface area contributed by atoms with Crippen molar-refractivity contribution in [2.75, 3.05) is 32.8 Å². The van der Waals surface area contributed by atoms with Gasteiger partial charge in [-0.05, 0) is 6.92 Å². The first kappa shape index (κ1) is 12.5. The van der Waals surface area contributed by atoms with Crippen molar-refractivity contribution < 1.29 is 9.53 Å². The van der Waals surface area contributed by atoms with Gasteiger partial charge in [0.1, 0.15) is 5.01 Å². The normalized spacial score (nSPS) is 18.1. The van der Waals surface area contributed by atoms with Gasteiger partial charge in [0.05, 0.1) is 25.8 Å². The number of hydrogen-bond acceptors (Lipinski definition) is 5. The highest BCUT2D eigenvalue weighted by molar-refractivity contribution is 7.09. The van der Waals surface area contributed by atoms with E-state index in [4.69, 9.17) is 4.74 Å². The summed E-state index contributed by atoms with van der Waals surface area (Å²) in [4.78, 5) is 17.9. The van der Waals surface area contributed by atoms with Gasteiger partial charge in [-0.25, -0.2) is 4.98 Å². The van der Waals surface area contributed by atoms with Crippen LogP contribution in [0.25, 0.3) is 0 Å². The van der Waals surface area contributed by atoms with Gasteiger partial charge in [-0.15, -0.1) is 11.3 Å². The molecule has 1 fully saturated rings. The van der Waals surface area contributed by atoms with Gasteiger partial charge in [0.25, 0.3) is 0 Å². The number of rotatable bonds is 4. The molecule has 5 nitrogen and oxygen atoms in total. The maximum Gasteiger partial charge on any atom is 0.236 e. The quantitative estimate of drug-likeness (QED) is 0.858. The zero-order chi connectivity index (χ0) is 12.1. The molecule has 2 heterocycles. The standard InChI is InChI=1S/C11H17N3O2S/c1-9(11-12-2-7-17-11)13-8-10(15)14-3-5-16-6-4-14/h2,7,9,13H,3-6,8H2,1H3. The summed E-state index contributed by atoms with van der Waals surface area (Å²) in [6.07, 6.45) is 1.78. The zero-order valence-electron chi connectivity index (χ0n) is 9.89. The minimum absolute atomic E-state index is 0.125. The van der Waals surface area contributed by atoms with E-state index in [9.17, 15) is 4.79 Å². The van der Waals surface area contributed by atoms with Crippen molar-refractivity contribution in [1.29, 1.82) is 0 Å². The van der Waals surface area contributed by atoms with Gasteiger partial charge >= 0.3 is 0 Å². The summed E-state index contributed by atoms with van der Waals surface area (Å²) in [5.41, 5.74) is 0. The van der Waals surface area contributed by atoms with Gasteiger partial charge in [-0.1, -0.05) is 0 Å². The lowest BCUT2D eigenvalue weighted by atomic mass is 10.3. The molecule has 17 heavy (non-hydrogen) atoms. The predicted octanol–water partition coefficient (Wildman–Crippen LogP) is 0.653. The predicted molar refractivity (Wildman–Crippen MR) is 65.9 cm³/mol. The third-order valence-corrected chi connectivity index (χ3v) is 3.70. The monoisotopic (exact) mass is 255 g/mol. The highest BCUT2D eigenvalue weighted by Crippen LogP contribution is 2.14. The largest absolute Gasteiger partial charge is 0.378 e. The summed E-state index contributed by atoms with van der Waals surface area (Å²) in [5.74, 6) is 0.136. The molecule has 1 amide bonds. The molecule has 1 saturated heterocycles. The van der Waals surface area contributed by atoms with Gasteiger partial charge in [0, 0.05) is 24.7 Å². The van der Waals surface area contributed by atoms with Crippen LogP contribution in [0.1, 0.15) is 18.0 Å². The van der Waals surface area contributed by atoms with E-state index < -0.39 is 0 Å². The van der Waals surface area contributed by atoms with Gasteiger partial charge in [-0.3, -0.25) is 10.1 Å². The molecule has 0 spiro atoms. The van der Waals surface area contributed by atoms with E-state index in [1.165, 1.54) is 0 Å². The lowest BCUT2D eigenvalue weighted by molar-refractivity contribution is -0.134. The Labute approximate surface area is 105 Å². The lowest BCUT2D eigenvalue weighted by Gasteiger charge is -2.27. The minimum atomic E-state index is 0.125. The molecule has 0 aromatic carbocycles. The number of hydrogen-bond donors (Lipinski definition) is 1. The molecule has 1 aromatic rings. The number of ether oxygens (including phenoxy) is 1. The second kappa shape index (κ2) is 6.09. The maximum absolute atomic E-state index is 11.9. The molecule has 1 atom stereocenters. The fourth-order valence-electron chi connectivity index (χ4n) is 1.70. The van der Waals surface area contributed by atoms with Crippen LogP contribution in [0.4, 0.5) is 0 Å². The molecule has 2 rings (SSSR count). The van der Waals surface area contributed by atoms with Crippen LogP contribution in [-0.2, 0) is 9.53 Å². The molecule has 1 aliphatic rings. The second-order valence-electron chi connectivity index (χ2n) is 3.97. The van der Waals surface area contributed by atoms with Crippen LogP contribution in [0.2, 0.25) is 0 Å². The van der Waals surface area contributed by atoms with Crippen molar-refractivity contribution in [2.24, 2.45) is 0 Å². The van der Waals surface area contributed by atoms with E-state index in [0.29, 0.717) is 32.8 Å². The minimum Gasteiger partial charge on any atom is -0.378 e. The fraction of sp³-hybridized carbons (Fsp3) is 0.636. The molecule has 0 bridgehead atoms. The van der Waals surface area contributed by atoms with Crippen LogP contribution >= 0.6 is 11.3 Å². The highest BCUT2D eigenvalue weighted by atomic mass is 32.1. The Morgan fingerprint density at radius 2 is 2.41 bits per heavy atom. The third-order valence-electron chi connectivity index (χ3n) is 2.75. The average Bonchev–Trinajstić information content (AvgIpc) is 2.90. The lowest BCUT2D eigenvalue weighted by Crippen LogP contribution is -2.45. The maximum atomic E-state index is 11.9. The number of thiazole rings is 1. The molecule has 0 radical (unpaired) electrons. The number of morpholine rings is 1. The summed E-state index contributed by atoms with van der Waals surface area (Å²) in [6, 6.07) is 0.125. The van der Waals surface area contributed by atoms with E-state index >= 15 is 0 Å². The van der Waals surface area contributed by atoms with Gasteiger partial charge in [0.15, 0.2) is 0 Å². The van der Waals surface area contributed by atoms with Crippen molar-refractivity contribution >= 4 is 17.2 Å². The Kier molecular flexibility index (Phi) is 4.47. The first-order valence-corrected chi connectivity index (χ1v) is 6.63. The Bertz CT molecular complexity index is 350. The first-order valence-electron chi connectivity index (χ1n) is 5.75. The summed E-state index contributed by atoms with van der Waals surface area (Å²) >= 11 is 1.60. The smallest absolute Gasteiger partial charge is 0.236 e. The van der Waals surface area contributed by atoms with Crippen molar-refractivity contribution in [3.05, 3.63) is 16.6 Å². The Hall–Kier alpha value is -0.980. The number of nitrogens with one attached hydrogen (secondary N) is 1. The average molecular weight is 255 g/mol. The molecule has 1 aliphatic heterocycles. The Morgan fingerprint density at radius 1 is 1.65 bits per heavy atom. The van der Waals surface area contributed by atoms with Crippen molar-refractivity contribution in [3.8, 4) is 0 Å². The molecule has 0 aliphatic carbocycles. The summed E-state index contributed by atoms with van der Waals surface area (Å²) < 4.78 is 5.21. The first-order chi connectivity index (χ1) is 8.27. The van der Waals surface area contributed by atoms with Gasteiger partial charge < -0.3 is 9.64 Å². The van der Waals surface area contributed by atoms with Crippen molar-refractivity contribution in [2.45, 2.75) is 13.0 Å². The Morgan fingerprint density at radius 3 is 3.06 bits per heavy atom. The highest BCUT2D eigenvalue weighted by Gasteiger charge is 2.17. The number of nitrogens with zero attached hydrogens (tertiary/aromatic N) is 2. The summed E-state index contributed by atoms with van der Waals surface area (Å²) in [6.45, 7) is 5.08. The van der Waals surface area contributed by atoms with E-state index in [1.54, 1.807) is 17.5 Å². The van der Waals surface area contributed by atoms with Crippen LogP contribution in [0.15, 0.2) is 11.6 Å². The number of carbonyl (C=O) groups excluding carboxylic acids is 1. The third kappa shape index (κ3) is 3.49. The van der Waals surface area contributed by atoms with Gasteiger partial charge in [0.2, 0.25) is 5.91 Å². The molecule has 1 N–H and O–H groups in total.